The van der Waals surface area contributed by atoms with Gasteiger partial charge in [-0.2, -0.15) is 4.98 Å². The van der Waals surface area contributed by atoms with Crippen LogP contribution >= 0.6 is 0 Å². The fourth-order valence-corrected chi connectivity index (χ4v) is 3.43. The smallest absolute Gasteiger partial charge is 0.263 e. The molecule has 2 aliphatic heterocycles. The van der Waals surface area contributed by atoms with Gasteiger partial charge in [0.2, 0.25) is 5.89 Å². The van der Waals surface area contributed by atoms with Gasteiger partial charge in [-0.05, 0) is 24.5 Å². The third-order valence-electron chi connectivity index (χ3n) is 4.81. The topological polar surface area (TPSA) is 71.7 Å². The Balaban J connectivity index is 1.31. The van der Waals surface area contributed by atoms with E-state index in [2.05, 4.69) is 21.1 Å². The Bertz CT molecular complexity index is 752. The van der Waals surface area contributed by atoms with Crippen LogP contribution in [0.1, 0.15) is 23.7 Å². The van der Waals surface area contributed by atoms with Crippen molar-refractivity contribution >= 4 is 5.91 Å². The number of para-hydroxylation sites is 1. The zero-order chi connectivity index (χ0) is 17.2. The van der Waals surface area contributed by atoms with Crippen LogP contribution in [-0.2, 0) is 17.8 Å². The summed E-state index contributed by atoms with van der Waals surface area (Å²) in [6.45, 7) is 5.47. The molecule has 132 valence electrons. The lowest BCUT2D eigenvalue weighted by molar-refractivity contribution is -0.141. The van der Waals surface area contributed by atoms with Crippen LogP contribution in [0.25, 0.3) is 0 Å². The van der Waals surface area contributed by atoms with E-state index in [9.17, 15) is 4.79 Å². The number of amides is 1. The van der Waals surface area contributed by atoms with Gasteiger partial charge in [0.15, 0.2) is 11.9 Å². The molecule has 0 saturated carbocycles. The van der Waals surface area contributed by atoms with Gasteiger partial charge < -0.3 is 14.2 Å². The standard InChI is InChI=1S/C18H22N4O3/c1-13-19-17(20-25-13)12-21-8-10-22(11-9-21)18(23)16-7-6-14-4-2-3-5-15(14)24-16/h2-5,16H,6-12H2,1H3/t16-/m0/s1. The molecule has 1 atom stereocenters. The molecule has 4 rings (SSSR count). The van der Waals surface area contributed by atoms with Crippen molar-refractivity contribution in [2.24, 2.45) is 0 Å². The van der Waals surface area contributed by atoms with Crippen LogP contribution < -0.4 is 4.74 Å². The molecular weight excluding hydrogens is 320 g/mol. The Morgan fingerprint density at radius 3 is 2.80 bits per heavy atom. The first-order chi connectivity index (χ1) is 12.2. The summed E-state index contributed by atoms with van der Waals surface area (Å²) in [4.78, 5) is 21.2. The lowest BCUT2D eigenvalue weighted by Crippen LogP contribution is -2.52. The molecule has 1 aromatic heterocycles. The van der Waals surface area contributed by atoms with Crippen molar-refractivity contribution in [3.05, 3.63) is 41.5 Å². The van der Waals surface area contributed by atoms with Crippen molar-refractivity contribution < 1.29 is 14.1 Å². The molecule has 0 unspecified atom stereocenters. The quantitative estimate of drug-likeness (QED) is 0.840. The number of piperazine rings is 1. The molecule has 3 heterocycles. The van der Waals surface area contributed by atoms with Crippen molar-refractivity contribution in [3.63, 3.8) is 0 Å². The predicted molar refractivity (Wildman–Crippen MR) is 90.1 cm³/mol. The van der Waals surface area contributed by atoms with Crippen LogP contribution in [0.2, 0.25) is 0 Å². The summed E-state index contributed by atoms with van der Waals surface area (Å²) >= 11 is 0. The van der Waals surface area contributed by atoms with Crippen LogP contribution in [0.15, 0.2) is 28.8 Å². The molecule has 0 aliphatic carbocycles. The Morgan fingerprint density at radius 1 is 1.24 bits per heavy atom. The highest BCUT2D eigenvalue weighted by molar-refractivity contribution is 5.81. The number of aryl methyl sites for hydroxylation is 2. The van der Waals surface area contributed by atoms with Crippen molar-refractivity contribution in [2.45, 2.75) is 32.4 Å². The highest BCUT2D eigenvalue weighted by Gasteiger charge is 2.31. The van der Waals surface area contributed by atoms with E-state index in [0.717, 1.165) is 31.7 Å². The highest BCUT2D eigenvalue weighted by Crippen LogP contribution is 2.28. The van der Waals surface area contributed by atoms with E-state index in [1.807, 2.05) is 23.1 Å². The predicted octanol–water partition coefficient (Wildman–Crippen LogP) is 1.42. The van der Waals surface area contributed by atoms with Gasteiger partial charge in [0.25, 0.3) is 5.91 Å². The summed E-state index contributed by atoms with van der Waals surface area (Å²) in [7, 11) is 0. The summed E-state index contributed by atoms with van der Waals surface area (Å²) in [5.74, 6) is 2.23. The van der Waals surface area contributed by atoms with Crippen LogP contribution in [0.5, 0.6) is 5.75 Å². The average Bonchev–Trinajstić information content (AvgIpc) is 3.06. The van der Waals surface area contributed by atoms with Crippen LogP contribution in [0.3, 0.4) is 0 Å². The third kappa shape index (κ3) is 3.51. The first-order valence-corrected chi connectivity index (χ1v) is 8.74. The Morgan fingerprint density at radius 2 is 2.04 bits per heavy atom. The number of rotatable bonds is 3. The first-order valence-electron chi connectivity index (χ1n) is 8.74. The van der Waals surface area contributed by atoms with Gasteiger partial charge in [-0.25, -0.2) is 0 Å². The maximum atomic E-state index is 12.8. The first kappa shape index (κ1) is 16.1. The minimum atomic E-state index is -0.360. The maximum absolute atomic E-state index is 12.8. The van der Waals surface area contributed by atoms with Gasteiger partial charge in [0, 0.05) is 33.1 Å². The Labute approximate surface area is 146 Å². The monoisotopic (exact) mass is 342 g/mol. The number of ether oxygens (including phenoxy) is 1. The van der Waals surface area contributed by atoms with Crippen molar-refractivity contribution in [2.75, 3.05) is 26.2 Å². The number of carbonyl (C=O) groups excluding carboxylic acids is 1. The van der Waals surface area contributed by atoms with Gasteiger partial charge >= 0.3 is 0 Å². The number of fused-ring (bicyclic) bond motifs is 1. The van der Waals surface area contributed by atoms with E-state index in [1.165, 1.54) is 5.56 Å². The summed E-state index contributed by atoms with van der Waals surface area (Å²) in [6, 6.07) is 7.97. The molecule has 7 nitrogen and oxygen atoms in total. The van der Waals surface area contributed by atoms with E-state index in [-0.39, 0.29) is 12.0 Å². The molecule has 1 fully saturated rings. The van der Waals surface area contributed by atoms with Crippen molar-refractivity contribution in [1.29, 1.82) is 0 Å². The van der Waals surface area contributed by atoms with Gasteiger partial charge in [-0.15, -0.1) is 0 Å². The number of benzene rings is 1. The number of nitrogens with zero attached hydrogens (tertiary/aromatic N) is 4. The molecule has 2 aromatic rings. The van der Waals surface area contributed by atoms with Crippen LogP contribution in [0.4, 0.5) is 0 Å². The normalized spacial score (nSPS) is 20.8. The van der Waals surface area contributed by atoms with Gasteiger partial charge in [-0.1, -0.05) is 23.4 Å². The average molecular weight is 342 g/mol. The minimum Gasteiger partial charge on any atom is -0.480 e. The molecule has 2 aliphatic rings. The molecule has 0 N–H and O–H groups in total. The number of aromatic nitrogens is 2. The minimum absolute atomic E-state index is 0.101. The van der Waals surface area contributed by atoms with E-state index < -0.39 is 0 Å². The second-order valence-corrected chi connectivity index (χ2v) is 6.58. The Kier molecular flexibility index (Phi) is 4.40. The maximum Gasteiger partial charge on any atom is 0.263 e. The molecule has 0 radical (unpaired) electrons. The summed E-state index contributed by atoms with van der Waals surface area (Å²) in [5, 5.41) is 3.93. The zero-order valence-corrected chi connectivity index (χ0v) is 14.4. The van der Waals surface area contributed by atoms with E-state index in [1.54, 1.807) is 6.92 Å². The van der Waals surface area contributed by atoms with Gasteiger partial charge in [0.1, 0.15) is 5.75 Å². The molecule has 7 heteroatoms. The summed E-state index contributed by atoms with van der Waals surface area (Å²) in [5.41, 5.74) is 1.19. The zero-order valence-electron chi connectivity index (χ0n) is 14.4. The summed E-state index contributed by atoms with van der Waals surface area (Å²) < 4.78 is 10.9. The Hall–Kier alpha value is -2.41. The van der Waals surface area contributed by atoms with E-state index in [0.29, 0.717) is 31.3 Å². The fourth-order valence-electron chi connectivity index (χ4n) is 3.43. The molecule has 1 aromatic carbocycles. The van der Waals surface area contributed by atoms with E-state index in [4.69, 9.17) is 9.26 Å². The number of hydrogen-bond donors (Lipinski definition) is 0. The lowest BCUT2D eigenvalue weighted by Gasteiger charge is -2.36. The van der Waals surface area contributed by atoms with Crippen molar-refractivity contribution in [3.8, 4) is 5.75 Å². The molecular formula is C18H22N4O3. The molecule has 0 bridgehead atoms. The highest BCUT2D eigenvalue weighted by atomic mass is 16.5. The fraction of sp³-hybridized carbons (Fsp3) is 0.500. The van der Waals surface area contributed by atoms with E-state index >= 15 is 0 Å². The SMILES string of the molecule is Cc1nc(CN2CCN(C(=O)[C@@H]3CCc4ccccc4O3)CC2)no1. The molecule has 1 amide bonds. The molecule has 1 saturated heterocycles. The van der Waals surface area contributed by atoms with Gasteiger partial charge in [0.05, 0.1) is 6.54 Å². The molecule has 25 heavy (non-hydrogen) atoms. The van der Waals surface area contributed by atoms with Gasteiger partial charge in [-0.3, -0.25) is 9.69 Å². The molecule has 0 spiro atoms. The van der Waals surface area contributed by atoms with Crippen LogP contribution in [-0.4, -0.2) is 58.1 Å². The third-order valence-corrected chi connectivity index (χ3v) is 4.81. The second kappa shape index (κ2) is 6.84. The second-order valence-electron chi connectivity index (χ2n) is 6.58. The largest absolute Gasteiger partial charge is 0.480 e. The van der Waals surface area contributed by atoms with Crippen LogP contribution in [0, 0.1) is 6.92 Å². The van der Waals surface area contributed by atoms with Crippen molar-refractivity contribution in [1.82, 2.24) is 19.9 Å². The summed E-state index contributed by atoms with van der Waals surface area (Å²) in [6.07, 6.45) is 1.28. The lowest BCUT2D eigenvalue weighted by atomic mass is 10.0. The number of hydrogen-bond acceptors (Lipinski definition) is 6. The number of carbonyl (C=O) groups is 1.